The standard InChI is InChI=1S/C10H13N3S/c1-7-8(2)14-10(12-7)13-5-3-4-9(11)6-13/h3-5H,6,11H2,1-2H3. The van der Waals surface area contributed by atoms with Gasteiger partial charge in [0.15, 0.2) is 5.13 Å². The van der Waals surface area contributed by atoms with Crippen LogP contribution in [0.5, 0.6) is 0 Å². The lowest BCUT2D eigenvalue weighted by molar-refractivity contribution is 0.979. The van der Waals surface area contributed by atoms with Crippen molar-refractivity contribution >= 4 is 16.5 Å². The van der Waals surface area contributed by atoms with Gasteiger partial charge in [-0.2, -0.15) is 0 Å². The summed E-state index contributed by atoms with van der Waals surface area (Å²) in [5.41, 5.74) is 7.73. The summed E-state index contributed by atoms with van der Waals surface area (Å²) in [7, 11) is 0. The first-order valence-electron chi connectivity index (χ1n) is 4.50. The van der Waals surface area contributed by atoms with E-state index in [1.807, 2.05) is 25.3 Å². The Kier molecular flexibility index (Phi) is 2.29. The number of aromatic nitrogens is 1. The molecule has 0 spiro atoms. The van der Waals surface area contributed by atoms with Crippen LogP contribution >= 0.6 is 11.3 Å². The smallest absolute Gasteiger partial charge is 0.190 e. The van der Waals surface area contributed by atoms with Crippen molar-refractivity contribution in [2.75, 3.05) is 11.4 Å². The Hall–Kier alpha value is -1.29. The lowest BCUT2D eigenvalue weighted by Gasteiger charge is -2.19. The van der Waals surface area contributed by atoms with E-state index < -0.39 is 0 Å². The molecule has 4 heteroatoms. The molecule has 2 heterocycles. The first kappa shape index (κ1) is 9.27. The molecule has 14 heavy (non-hydrogen) atoms. The second-order valence-electron chi connectivity index (χ2n) is 3.35. The molecular formula is C10H13N3S. The Morgan fingerprint density at radius 3 is 2.86 bits per heavy atom. The molecule has 1 aromatic heterocycles. The van der Waals surface area contributed by atoms with Gasteiger partial charge in [-0.25, -0.2) is 4.98 Å². The minimum absolute atomic E-state index is 0.739. The maximum absolute atomic E-state index is 5.75. The van der Waals surface area contributed by atoms with Crippen LogP contribution in [0.15, 0.2) is 24.0 Å². The van der Waals surface area contributed by atoms with Crippen molar-refractivity contribution in [3.05, 3.63) is 34.6 Å². The Labute approximate surface area is 87.6 Å². The van der Waals surface area contributed by atoms with Gasteiger partial charge >= 0.3 is 0 Å². The third-order valence-corrected chi connectivity index (χ3v) is 3.30. The Morgan fingerprint density at radius 2 is 2.29 bits per heavy atom. The molecule has 0 radical (unpaired) electrons. The lowest BCUT2D eigenvalue weighted by Crippen LogP contribution is -2.24. The fraction of sp³-hybridized carbons (Fsp3) is 0.300. The summed E-state index contributed by atoms with van der Waals surface area (Å²) in [6.07, 6.45) is 5.88. The van der Waals surface area contributed by atoms with E-state index in [1.165, 1.54) is 4.88 Å². The van der Waals surface area contributed by atoms with Crippen molar-refractivity contribution in [1.82, 2.24) is 4.98 Å². The maximum Gasteiger partial charge on any atom is 0.190 e. The maximum atomic E-state index is 5.75. The van der Waals surface area contributed by atoms with Gasteiger partial charge < -0.3 is 10.6 Å². The zero-order valence-electron chi connectivity index (χ0n) is 8.32. The highest BCUT2D eigenvalue weighted by molar-refractivity contribution is 7.15. The van der Waals surface area contributed by atoms with Crippen molar-refractivity contribution in [1.29, 1.82) is 0 Å². The number of hydrogen-bond acceptors (Lipinski definition) is 4. The number of allylic oxidation sites excluding steroid dienone is 2. The molecule has 0 saturated carbocycles. The molecule has 0 saturated heterocycles. The van der Waals surface area contributed by atoms with E-state index in [0.717, 1.165) is 23.1 Å². The summed E-state index contributed by atoms with van der Waals surface area (Å²) < 4.78 is 0. The zero-order valence-corrected chi connectivity index (χ0v) is 9.14. The molecule has 0 amide bonds. The van der Waals surface area contributed by atoms with Crippen LogP contribution in [0, 0.1) is 13.8 Å². The van der Waals surface area contributed by atoms with E-state index in [2.05, 4.69) is 16.8 Å². The highest BCUT2D eigenvalue weighted by Crippen LogP contribution is 2.26. The van der Waals surface area contributed by atoms with Crippen molar-refractivity contribution in [2.45, 2.75) is 13.8 Å². The first-order chi connectivity index (χ1) is 6.66. The van der Waals surface area contributed by atoms with Gasteiger partial charge in [-0.1, -0.05) is 0 Å². The Morgan fingerprint density at radius 1 is 1.50 bits per heavy atom. The molecule has 0 aromatic carbocycles. The molecule has 0 bridgehead atoms. The van der Waals surface area contributed by atoms with Crippen LogP contribution in [0.25, 0.3) is 0 Å². The zero-order chi connectivity index (χ0) is 10.1. The van der Waals surface area contributed by atoms with E-state index in [9.17, 15) is 0 Å². The molecule has 2 rings (SSSR count). The van der Waals surface area contributed by atoms with Crippen LogP contribution in [0.1, 0.15) is 10.6 Å². The number of rotatable bonds is 1. The van der Waals surface area contributed by atoms with Crippen LogP contribution in [-0.2, 0) is 0 Å². The van der Waals surface area contributed by atoms with E-state index in [-0.39, 0.29) is 0 Å². The summed E-state index contributed by atoms with van der Waals surface area (Å²) in [6, 6.07) is 0. The van der Waals surface area contributed by atoms with Crippen LogP contribution in [0.3, 0.4) is 0 Å². The summed E-state index contributed by atoms with van der Waals surface area (Å²) >= 11 is 1.70. The molecule has 1 aliphatic rings. The van der Waals surface area contributed by atoms with Gasteiger partial charge in [-0.05, 0) is 26.0 Å². The third kappa shape index (κ3) is 1.65. The van der Waals surface area contributed by atoms with Crippen molar-refractivity contribution in [3.8, 4) is 0 Å². The molecule has 1 aliphatic heterocycles. The van der Waals surface area contributed by atoms with Crippen LogP contribution in [-0.4, -0.2) is 11.5 Å². The molecule has 0 aliphatic carbocycles. The first-order valence-corrected chi connectivity index (χ1v) is 5.32. The normalized spacial score (nSPS) is 15.9. The SMILES string of the molecule is Cc1nc(N2C=CC=C(N)C2)sc1C. The molecule has 0 fully saturated rings. The largest absolute Gasteiger partial charge is 0.401 e. The quantitative estimate of drug-likeness (QED) is 0.765. The number of nitrogens with zero attached hydrogens (tertiary/aromatic N) is 2. The van der Waals surface area contributed by atoms with E-state index in [1.54, 1.807) is 11.3 Å². The van der Waals surface area contributed by atoms with Gasteiger partial charge in [0, 0.05) is 16.8 Å². The predicted molar refractivity (Wildman–Crippen MR) is 60.3 cm³/mol. The molecule has 0 atom stereocenters. The Balaban J connectivity index is 2.25. The number of anilines is 1. The average Bonchev–Trinajstić information content (AvgIpc) is 2.47. The number of aryl methyl sites for hydroxylation is 2. The molecule has 1 aromatic rings. The van der Waals surface area contributed by atoms with Crippen molar-refractivity contribution in [3.63, 3.8) is 0 Å². The molecule has 2 N–H and O–H groups in total. The molecule has 0 unspecified atom stereocenters. The van der Waals surface area contributed by atoms with Gasteiger partial charge in [0.1, 0.15) is 0 Å². The number of thiazole rings is 1. The minimum Gasteiger partial charge on any atom is -0.401 e. The van der Waals surface area contributed by atoms with Crippen molar-refractivity contribution in [2.24, 2.45) is 5.73 Å². The van der Waals surface area contributed by atoms with E-state index >= 15 is 0 Å². The van der Waals surface area contributed by atoms with Gasteiger partial charge in [-0.3, -0.25) is 0 Å². The molecule has 74 valence electrons. The van der Waals surface area contributed by atoms with Crippen molar-refractivity contribution < 1.29 is 0 Å². The fourth-order valence-electron chi connectivity index (χ4n) is 1.28. The van der Waals surface area contributed by atoms with Gasteiger partial charge in [-0.15, -0.1) is 11.3 Å². The second-order valence-corrected chi connectivity index (χ2v) is 4.53. The summed E-state index contributed by atoms with van der Waals surface area (Å²) in [6.45, 7) is 4.86. The highest BCUT2D eigenvalue weighted by Gasteiger charge is 2.12. The summed E-state index contributed by atoms with van der Waals surface area (Å²) in [4.78, 5) is 7.81. The number of nitrogens with two attached hydrogens (primary N) is 1. The van der Waals surface area contributed by atoms with Crippen LogP contribution < -0.4 is 10.6 Å². The highest BCUT2D eigenvalue weighted by atomic mass is 32.1. The lowest BCUT2D eigenvalue weighted by atomic mass is 10.3. The molecule has 3 nitrogen and oxygen atoms in total. The predicted octanol–water partition coefficient (Wildman–Crippen LogP) is 1.94. The van der Waals surface area contributed by atoms with Crippen LogP contribution in [0.2, 0.25) is 0 Å². The molecular weight excluding hydrogens is 194 g/mol. The van der Waals surface area contributed by atoms with Gasteiger partial charge in [0.05, 0.1) is 12.2 Å². The minimum atomic E-state index is 0.739. The summed E-state index contributed by atoms with van der Waals surface area (Å²) in [5.74, 6) is 0. The average molecular weight is 207 g/mol. The fourth-order valence-corrected chi connectivity index (χ4v) is 2.18. The Bertz CT molecular complexity index is 384. The van der Waals surface area contributed by atoms with Gasteiger partial charge in [0.2, 0.25) is 0 Å². The number of hydrogen-bond donors (Lipinski definition) is 1. The van der Waals surface area contributed by atoms with E-state index in [4.69, 9.17) is 5.73 Å². The van der Waals surface area contributed by atoms with Gasteiger partial charge in [0.25, 0.3) is 0 Å². The van der Waals surface area contributed by atoms with E-state index in [0.29, 0.717) is 0 Å². The van der Waals surface area contributed by atoms with Crippen LogP contribution in [0.4, 0.5) is 5.13 Å². The second kappa shape index (κ2) is 3.46. The third-order valence-electron chi connectivity index (χ3n) is 2.19. The monoisotopic (exact) mass is 207 g/mol. The summed E-state index contributed by atoms with van der Waals surface area (Å²) in [5, 5.41) is 1.02. The topological polar surface area (TPSA) is 42.2 Å².